The van der Waals surface area contributed by atoms with Crippen molar-refractivity contribution in [2.75, 3.05) is 20.0 Å². The molecule has 0 aliphatic rings. The minimum atomic E-state index is -2.62. The molecule has 1 aromatic rings. The molecule has 1 rings (SSSR count). The molecular formula is C9H18O3P2. The Kier molecular flexibility index (Phi) is 6.43. The average molecular weight is 236 g/mol. The molecule has 0 fully saturated rings. The van der Waals surface area contributed by atoms with Crippen LogP contribution in [0.2, 0.25) is 0 Å². The molecule has 0 aliphatic carbocycles. The summed E-state index contributed by atoms with van der Waals surface area (Å²) in [6, 6.07) is 10.8. The molecule has 0 spiro atoms. The largest absolute Gasteiger partial charge is 0.328 e. The third kappa shape index (κ3) is 7.37. The zero-order valence-corrected chi connectivity index (χ0v) is 10.6. The molecule has 5 heteroatoms. The third-order valence-corrected chi connectivity index (χ3v) is 3.71. The fraction of sp³-hybridized carbons (Fsp3) is 0.333. The maximum atomic E-state index is 7.23. The van der Waals surface area contributed by atoms with Crippen molar-refractivity contribution in [3.8, 4) is 0 Å². The van der Waals surface area contributed by atoms with Gasteiger partial charge in [0.05, 0.1) is 0 Å². The minimum absolute atomic E-state index is 1.03. The summed E-state index contributed by atoms with van der Waals surface area (Å²) < 4.78 is 0. The molecule has 82 valence electrons. The van der Waals surface area contributed by atoms with Crippen molar-refractivity contribution in [3.05, 3.63) is 30.3 Å². The number of hydrogen-bond acceptors (Lipinski definition) is 3. The monoisotopic (exact) mass is 236 g/mol. The fourth-order valence-electron chi connectivity index (χ4n) is 0.938. The van der Waals surface area contributed by atoms with E-state index >= 15 is 0 Å². The van der Waals surface area contributed by atoms with Gasteiger partial charge in [-0.2, -0.15) is 0 Å². The van der Waals surface area contributed by atoms with Crippen LogP contribution in [0.4, 0.5) is 0 Å². The quantitative estimate of drug-likeness (QED) is 0.641. The smallest absolute Gasteiger partial charge is 0.324 e. The topological polar surface area (TPSA) is 60.7 Å². The van der Waals surface area contributed by atoms with Crippen LogP contribution in [0.3, 0.4) is 0 Å². The third-order valence-electron chi connectivity index (χ3n) is 1.64. The summed E-state index contributed by atoms with van der Waals surface area (Å²) >= 11 is 0. The Morgan fingerprint density at radius 2 is 1.29 bits per heavy atom. The molecule has 0 unspecified atom stereocenters. The number of hydrogen-bond donors (Lipinski definition) is 3. The van der Waals surface area contributed by atoms with Crippen molar-refractivity contribution >= 4 is 21.2 Å². The van der Waals surface area contributed by atoms with Crippen molar-refractivity contribution in [3.63, 3.8) is 0 Å². The summed E-state index contributed by atoms with van der Waals surface area (Å²) in [5.41, 5.74) is 0. The Labute approximate surface area is 86.8 Å². The van der Waals surface area contributed by atoms with Crippen LogP contribution in [0.25, 0.3) is 0 Å². The van der Waals surface area contributed by atoms with Gasteiger partial charge >= 0.3 is 71.5 Å². The van der Waals surface area contributed by atoms with Crippen molar-refractivity contribution in [2.24, 2.45) is 0 Å². The summed E-state index contributed by atoms with van der Waals surface area (Å²) in [4.78, 5) is 21.7. The summed E-state index contributed by atoms with van der Waals surface area (Å²) in [5.74, 6) is 0. The van der Waals surface area contributed by atoms with Crippen LogP contribution in [0.15, 0.2) is 30.3 Å². The molecule has 14 heavy (non-hydrogen) atoms. The second kappa shape index (κ2) is 6.44. The first kappa shape index (κ1) is 14.0. The Bertz CT molecular complexity index is 241. The summed E-state index contributed by atoms with van der Waals surface area (Å²) in [6.45, 7) is 7.09. The number of benzene rings is 1. The molecular weight excluding hydrogens is 218 g/mol. The van der Waals surface area contributed by atoms with E-state index in [1.165, 1.54) is 5.30 Å². The fourth-order valence-corrected chi connectivity index (χ4v) is 2.13. The molecule has 3 nitrogen and oxygen atoms in total. The van der Waals surface area contributed by atoms with Gasteiger partial charge in [-0.1, -0.05) is 0 Å². The second-order valence-electron chi connectivity index (χ2n) is 3.88. The van der Waals surface area contributed by atoms with Crippen molar-refractivity contribution < 1.29 is 14.7 Å². The molecule has 0 amide bonds. The van der Waals surface area contributed by atoms with Gasteiger partial charge in [-0.05, 0) is 0 Å². The predicted molar refractivity (Wildman–Crippen MR) is 65.7 cm³/mol. The van der Waals surface area contributed by atoms with Crippen LogP contribution in [-0.4, -0.2) is 34.7 Å². The molecule has 1 aromatic carbocycles. The van der Waals surface area contributed by atoms with Gasteiger partial charge in [-0.3, -0.25) is 0 Å². The maximum absolute atomic E-state index is 7.23. The Hall–Kier alpha value is -0.0400. The van der Waals surface area contributed by atoms with Gasteiger partial charge in [0, 0.05) is 0 Å². The van der Waals surface area contributed by atoms with E-state index in [0.29, 0.717) is 0 Å². The van der Waals surface area contributed by atoms with Gasteiger partial charge in [-0.25, -0.2) is 0 Å². The van der Waals surface area contributed by atoms with E-state index in [1.54, 1.807) is 0 Å². The molecule has 0 saturated heterocycles. The van der Waals surface area contributed by atoms with Crippen LogP contribution >= 0.6 is 15.9 Å². The maximum Gasteiger partial charge on any atom is 0.324 e. The first-order valence-electron chi connectivity index (χ1n) is 4.26. The Morgan fingerprint density at radius 3 is 1.50 bits per heavy atom. The van der Waals surface area contributed by atoms with Crippen LogP contribution in [0.1, 0.15) is 0 Å². The van der Waals surface area contributed by atoms with Gasteiger partial charge in [0.25, 0.3) is 0 Å². The van der Waals surface area contributed by atoms with Crippen LogP contribution < -0.4 is 5.30 Å². The molecule has 0 heterocycles. The van der Waals surface area contributed by atoms with E-state index < -0.39 is 15.9 Å². The van der Waals surface area contributed by atoms with Crippen LogP contribution in [-0.2, 0) is 0 Å². The first-order valence-corrected chi connectivity index (χ1v) is 8.96. The van der Waals surface area contributed by atoms with Gasteiger partial charge in [0.1, 0.15) is 0 Å². The van der Waals surface area contributed by atoms with E-state index in [0.717, 1.165) is 0 Å². The molecule has 3 N–H and O–H groups in total. The summed E-state index contributed by atoms with van der Waals surface area (Å²) in [7, 11) is -3.65. The standard InChI is InChI=1S/C9H15P.H3O3P/c1-10(2,3)9-7-5-4-6-8-9;1-4(2)3/h4-8,10H,1-3H3;1-3H. The molecule has 0 radical (unpaired) electrons. The van der Waals surface area contributed by atoms with E-state index in [9.17, 15) is 0 Å². The molecule has 0 atom stereocenters. The van der Waals surface area contributed by atoms with Crippen molar-refractivity contribution in [1.82, 2.24) is 0 Å². The van der Waals surface area contributed by atoms with Crippen molar-refractivity contribution in [1.29, 1.82) is 0 Å². The Morgan fingerprint density at radius 1 is 0.929 bits per heavy atom. The average Bonchev–Trinajstić information content (AvgIpc) is 2.03. The molecule has 0 bridgehead atoms. The SMILES string of the molecule is C[PH](C)(C)c1ccccc1.OP(O)O. The van der Waals surface area contributed by atoms with E-state index in [4.69, 9.17) is 14.7 Å². The summed E-state index contributed by atoms with van der Waals surface area (Å²) in [5, 5.41) is 1.54. The predicted octanol–water partition coefficient (Wildman–Crippen LogP) is 1.14. The second-order valence-corrected chi connectivity index (χ2v) is 9.50. The zero-order valence-electron chi connectivity index (χ0n) is 8.68. The van der Waals surface area contributed by atoms with Gasteiger partial charge in [0.2, 0.25) is 0 Å². The molecule has 0 aliphatic heterocycles. The summed E-state index contributed by atoms with van der Waals surface area (Å²) in [6.07, 6.45) is 0. The van der Waals surface area contributed by atoms with E-state index in [1.807, 2.05) is 0 Å². The zero-order chi connectivity index (χ0) is 11.2. The van der Waals surface area contributed by atoms with E-state index in [-0.39, 0.29) is 0 Å². The molecule has 0 saturated carbocycles. The van der Waals surface area contributed by atoms with Gasteiger partial charge in [0.15, 0.2) is 0 Å². The van der Waals surface area contributed by atoms with Gasteiger partial charge < -0.3 is 14.7 Å². The van der Waals surface area contributed by atoms with Crippen LogP contribution in [0.5, 0.6) is 0 Å². The molecule has 0 aromatic heterocycles. The normalized spacial score (nSPS) is 11.9. The van der Waals surface area contributed by atoms with Crippen molar-refractivity contribution in [2.45, 2.75) is 0 Å². The number of rotatable bonds is 1. The Balaban J connectivity index is 0.000000364. The van der Waals surface area contributed by atoms with E-state index in [2.05, 4.69) is 50.3 Å². The van der Waals surface area contributed by atoms with Gasteiger partial charge in [-0.15, -0.1) is 0 Å². The minimum Gasteiger partial charge on any atom is -0.328 e. The first-order chi connectivity index (χ1) is 6.34. The van der Waals surface area contributed by atoms with Crippen LogP contribution in [0, 0.1) is 0 Å².